The topological polar surface area (TPSA) is 69.6 Å². The molecule has 3 N–H and O–H groups in total. The first-order valence-corrected chi connectivity index (χ1v) is 10.3. The van der Waals surface area contributed by atoms with Gasteiger partial charge in [-0.25, -0.2) is 4.79 Å². The Morgan fingerprint density at radius 1 is 1.10 bits per heavy atom. The number of pyridine rings is 1. The first-order valence-electron chi connectivity index (χ1n) is 10.3. The Morgan fingerprint density at radius 2 is 1.83 bits per heavy atom. The van der Waals surface area contributed by atoms with Crippen molar-refractivity contribution in [1.82, 2.24) is 15.2 Å². The smallest absolute Gasteiger partial charge is 0.318 e. The fourth-order valence-electron chi connectivity index (χ4n) is 3.39. The average molecular weight is 408 g/mol. The van der Waals surface area contributed by atoms with Gasteiger partial charge in [-0.15, -0.1) is 0 Å². The summed E-state index contributed by atoms with van der Waals surface area (Å²) in [4.78, 5) is 31.6. The number of H-pyrrole nitrogens is 1. The number of quaternary nitrogens is 1. The number of hydrogen-bond acceptors (Lipinski definition) is 2. The normalized spacial score (nSPS) is 11.1. The maximum Gasteiger partial charge on any atom is 0.318 e. The summed E-state index contributed by atoms with van der Waals surface area (Å²) in [7, 11) is 4.10. The highest BCUT2D eigenvalue weighted by molar-refractivity contribution is 5.83. The Morgan fingerprint density at radius 3 is 2.53 bits per heavy atom. The van der Waals surface area contributed by atoms with Crippen LogP contribution in [0.15, 0.2) is 53.3 Å². The van der Waals surface area contributed by atoms with E-state index in [1.165, 1.54) is 4.90 Å². The molecule has 0 spiro atoms. The van der Waals surface area contributed by atoms with Gasteiger partial charge in [-0.05, 0) is 42.0 Å². The Balaban J connectivity index is 1.81. The molecule has 0 atom stereocenters. The van der Waals surface area contributed by atoms with Gasteiger partial charge in [0.1, 0.15) is 0 Å². The van der Waals surface area contributed by atoms with Crippen LogP contribution in [0.25, 0.3) is 10.9 Å². The van der Waals surface area contributed by atoms with Crippen LogP contribution >= 0.6 is 0 Å². The summed E-state index contributed by atoms with van der Waals surface area (Å²) in [5.41, 5.74) is 4.57. The number of benzene rings is 2. The van der Waals surface area contributed by atoms with E-state index in [0.717, 1.165) is 34.1 Å². The average Bonchev–Trinajstić information content (AvgIpc) is 2.73. The molecule has 2 amide bonds. The van der Waals surface area contributed by atoms with E-state index in [9.17, 15) is 9.59 Å². The third-order valence-corrected chi connectivity index (χ3v) is 5.44. The van der Waals surface area contributed by atoms with Gasteiger partial charge >= 0.3 is 6.03 Å². The molecule has 6 nitrogen and oxygen atoms in total. The molecule has 0 saturated carbocycles. The number of carbonyl (C=O) groups is 1. The van der Waals surface area contributed by atoms with Gasteiger partial charge in [0.25, 0.3) is 5.56 Å². The molecule has 0 bridgehead atoms. The van der Waals surface area contributed by atoms with E-state index in [0.29, 0.717) is 18.7 Å². The van der Waals surface area contributed by atoms with Gasteiger partial charge in [0, 0.05) is 12.1 Å². The number of aryl methyl sites for hydroxylation is 2. The van der Waals surface area contributed by atoms with Crippen LogP contribution in [0.2, 0.25) is 0 Å². The predicted octanol–water partition coefficient (Wildman–Crippen LogP) is 2.00. The SMILES string of the molecule is Cc1ccc2cc(CN(CC[NH+](C)C)C(=O)NCc3ccccc3)c(=O)[nH]c2c1C. The Hall–Kier alpha value is -3.12. The minimum absolute atomic E-state index is 0.144. The zero-order chi connectivity index (χ0) is 21.7. The van der Waals surface area contributed by atoms with E-state index >= 15 is 0 Å². The molecule has 30 heavy (non-hydrogen) atoms. The van der Waals surface area contributed by atoms with Crippen LogP contribution in [0.4, 0.5) is 4.79 Å². The molecular weight excluding hydrogens is 376 g/mol. The van der Waals surface area contributed by atoms with Crippen LogP contribution in [0.3, 0.4) is 0 Å². The standard InChI is InChI=1S/C24H30N4O2/c1-17-10-11-20-14-21(23(29)26-22(20)18(17)2)16-28(13-12-27(3)4)24(30)25-15-19-8-6-5-7-9-19/h5-11,14H,12-13,15-16H2,1-4H3,(H,25,30)(H,26,29)/p+1. The maximum absolute atomic E-state index is 12.9. The summed E-state index contributed by atoms with van der Waals surface area (Å²) < 4.78 is 0. The van der Waals surface area contributed by atoms with Gasteiger partial charge in [0.2, 0.25) is 0 Å². The van der Waals surface area contributed by atoms with Crippen molar-refractivity contribution < 1.29 is 9.69 Å². The highest BCUT2D eigenvalue weighted by atomic mass is 16.2. The molecule has 0 aliphatic heterocycles. The van der Waals surface area contributed by atoms with E-state index in [4.69, 9.17) is 0 Å². The summed E-state index contributed by atoms with van der Waals surface area (Å²) in [6, 6.07) is 15.6. The molecule has 0 aliphatic carbocycles. The number of rotatable bonds is 7. The van der Waals surface area contributed by atoms with Crippen molar-refractivity contribution >= 4 is 16.9 Å². The molecule has 0 fully saturated rings. The summed E-state index contributed by atoms with van der Waals surface area (Å²) >= 11 is 0. The molecule has 1 aromatic heterocycles. The van der Waals surface area contributed by atoms with Gasteiger partial charge in [0.05, 0.1) is 39.2 Å². The minimum atomic E-state index is -0.167. The summed E-state index contributed by atoms with van der Waals surface area (Å²) in [6.45, 7) is 6.12. The van der Waals surface area contributed by atoms with E-state index < -0.39 is 0 Å². The number of aromatic amines is 1. The van der Waals surface area contributed by atoms with Crippen LogP contribution in [0.1, 0.15) is 22.3 Å². The van der Waals surface area contributed by atoms with Crippen molar-refractivity contribution in [1.29, 1.82) is 0 Å². The lowest BCUT2D eigenvalue weighted by Gasteiger charge is -2.24. The van der Waals surface area contributed by atoms with Crippen molar-refractivity contribution in [2.45, 2.75) is 26.9 Å². The van der Waals surface area contributed by atoms with Crippen molar-refractivity contribution in [2.24, 2.45) is 0 Å². The number of hydrogen-bond donors (Lipinski definition) is 3. The number of nitrogens with one attached hydrogen (secondary N) is 3. The lowest BCUT2D eigenvalue weighted by Crippen LogP contribution is -3.06. The van der Waals surface area contributed by atoms with Gasteiger partial charge in [-0.2, -0.15) is 0 Å². The number of urea groups is 1. The highest BCUT2D eigenvalue weighted by Gasteiger charge is 2.17. The van der Waals surface area contributed by atoms with Gasteiger partial charge in [-0.3, -0.25) is 4.79 Å². The summed E-state index contributed by atoms with van der Waals surface area (Å²) in [5, 5.41) is 3.96. The molecule has 0 unspecified atom stereocenters. The Labute approximate surface area is 177 Å². The fourth-order valence-corrected chi connectivity index (χ4v) is 3.39. The zero-order valence-corrected chi connectivity index (χ0v) is 18.2. The Kier molecular flexibility index (Phi) is 6.90. The van der Waals surface area contributed by atoms with Gasteiger partial charge < -0.3 is 20.1 Å². The molecule has 158 valence electrons. The van der Waals surface area contributed by atoms with Crippen molar-refractivity contribution in [3.63, 3.8) is 0 Å². The molecular formula is C24H31N4O2+. The lowest BCUT2D eigenvalue weighted by molar-refractivity contribution is -0.857. The van der Waals surface area contributed by atoms with E-state index in [-0.39, 0.29) is 18.1 Å². The first kappa shape index (κ1) is 21.6. The zero-order valence-electron chi connectivity index (χ0n) is 18.2. The second-order valence-electron chi connectivity index (χ2n) is 8.12. The maximum atomic E-state index is 12.9. The number of aromatic nitrogens is 1. The predicted molar refractivity (Wildman–Crippen MR) is 121 cm³/mol. The quantitative estimate of drug-likeness (QED) is 0.561. The van der Waals surface area contributed by atoms with Crippen LogP contribution in [-0.4, -0.2) is 43.1 Å². The van der Waals surface area contributed by atoms with E-state index in [1.807, 2.05) is 70.4 Å². The minimum Gasteiger partial charge on any atom is -0.338 e. The lowest BCUT2D eigenvalue weighted by atomic mass is 10.0. The second kappa shape index (κ2) is 9.59. The van der Waals surface area contributed by atoms with Gasteiger partial charge in [0.15, 0.2) is 0 Å². The fraction of sp³-hybridized carbons (Fsp3) is 0.333. The molecule has 0 saturated heterocycles. The van der Waals surface area contributed by atoms with Crippen LogP contribution in [-0.2, 0) is 13.1 Å². The van der Waals surface area contributed by atoms with E-state index in [2.05, 4.69) is 16.4 Å². The van der Waals surface area contributed by atoms with Gasteiger partial charge in [-0.1, -0.05) is 42.5 Å². The highest BCUT2D eigenvalue weighted by Crippen LogP contribution is 2.19. The van der Waals surface area contributed by atoms with Crippen molar-refractivity contribution in [3.8, 4) is 0 Å². The van der Waals surface area contributed by atoms with Crippen molar-refractivity contribution in [2.75, 3.05) is 27.2 Å². The number of carbonyl (C=O) groups excluding carboxylic acids is 1. The summed E-state index contributed by atoms with van der Waals surface area (Å²) in [5.74, 6) is 0. The Bertz CT molecular complexity index is 1070. The number of nitrogens with zero attached hydrogens (tertiary/aromatic N) is 1. The number of fused-ring (bicyclic) bond motifs is 1. The molecule has 1 heterocycles. The number of likely N-dealkylation sites (N-methyl/N-ethyl adjacent to an activating group) is 1. The van der Waals surface area contributed by atoms with E-state index in [1.54, 1.807) is 4.90 Å². The van der Waals surface area contributed by atoms with Crippen LogP contribution in [0, 0.1) is 13.8 Å². The van der Waals surface area contributed by atoms with Crippen LogP contribution < -0.4 is 15.8 Å². The summed E-state index contributed by atoms with van der Waals surface area (Å²) in [6.07, 6.45) is 0. The molecule has 6 heteroatoms. The molecule has 3 rings (SSSR count). The molecule has 0 aliphatic rings. The monoisotopic (exact) mass is 407 g/mol. The third-order valence-electron chi connectivity index (χ3n) is 5.44. The van der Waals surface area contributed by atoms with Crippen molar-refractivity contribution in [3.05, 3.63) is 81.1 Å². The molecule has 2 aromatic carbocycles. The third kappa shape index (κ3) is 5.27. The largest absolute Gasteiger partial charge is 0.338 e. The molecule has 0 radical (unpaired) electrons. The molecule has 3 aromatic rings. The van der Waals surface area contributed by atoms with Crippen LogP contribution in [0.5, 0.6) is 0 Å². The number of amides is 2. The second-order valence-corrected chi connectivity index (χ2v) is 8.12. The first-order chi connectivity index (χ1) is 14.3.